The molecule has 0 aromatic heterocycles. The minimum atomic E-state index is -2.67. The lowest BCUT2D eigenvalue weighted by atomic mass is 9.83. The molecule has 72 valence electrons. The molecule has 4 unspecified atom stereocenters. The van der Waals surface area contributed by atoms with E-state index < -0.39 is 36.8 Å². The predicted octanol–water partition coefficient (Wildman–Crippen LogP) is 2.33. The first kappa shape index (κ1) is 9.74. The van der Waals surface area contributed by atoms with Crippen LogP contribution in [0.3, 0.4) is 0 Å². The molecular weight excluding hydrogens is 179 g/mol. The van der Waals surface area contributed by atoms with Crippen LogP contribution in [0.25, 0.3) is 0 Å². The van der Waals surface area contributed by atoms with E-state index in [-0.39, 0.29) is 0 Å². The maximum Gasteiger partial charge on any atom is 0.168 e. The summed E-state index contributed by atoms with van der Waals surface area (Å²) in [6.45, 7) is 1.03. The van der Waals surface area contributed by atoms with E-state index in [2.05, 4.69) is 0 Å². The van der Waals surface area contributed by atoms with Gasteiger partial charge in [-0.3, -0.25) is 0 Å². The summed E-state index contributed by atoms with van der Waals surface area (Å²) in [6.07, 6.45) is -12.3. The van der Waals surface area contributed by atoms with Gasteiger partial charge >= 0.3 is 0 Å². The van der Waals surface area contributed by atoms with Crippen molar-refractivity contribution in [3.63, 3.8) is 0 Å². The Bertz CT molecular complexity index is 103. The summed E-state index contributed by atoms with van der Waals surface area (Å²) in [4.78, 5) is 0. The molecule has 1 saturated carbocycles. The molecule has 1 rings (SSSR count). The largest absolute Gasteiger partial charge is 0.244 e. The summed E-state index contributed by atoms with van der Waals surface area (Å²) in [5, 5.41) is 0. The van der Waals surface area contributed by atoms with Crippen LogP contribution in [0.5, 0.6) is 0 Å². The van der Waals surface area contributed by atoms with Crippen LogP contribution in [0.4, 0.5) is 22.0 Å². The Morgan fingerprint density at radius 2 is 0.833 bits per heavy atom. The minimum absolute atomic E-state index is 1.03. The van der Waals surface area contributed by atoms with Crippen LogP contribution >= 0.6 is 0 Å². The zero-order valence-electron chi connectivity index (χ0n) is 6.35. The van der Waals surface area contributed by atoms with Crippen LogP contribution in [0.2, 0.25) is 0 Å². The van der Waals surface area contributed by atoms with Crippen LogP contribution in [-0.4, -0.2) is 30.9 Å². The summed E-state index contributed by atoms with van der Waals surface area (Å²) in [5.41, 5.74) is 0. The summed E-state index contributed by atoms with van der Waals surface area (Å²) in [6, 6.07) is 0. The molecule has 0 spiro atoms. The highest BCUT2D eigenvalue weighted by atomic mass is 19.2. The van der Waals surface area contributed by atoms with Crippen LogP contribution in [0, 0.1) is 5.92 Å². The molecule has 1 aliphatic carbocycles. The second-order valence-electron chi connectivity index (χ2n) is 3.08. The molecular formula is C7H9F5. The monoisotopic (exact) mass is 188 g/mol. The lowest BCUT2D eigenvalue weighted by Gasteiger charge is -2.34. The van der Waals surface area contributed by atoms with E-state index in [1.165, 1.54) is 0 Å². The van der Waals surface area contributed by atoms with E-state index in [9.17, 15) is 22.0 Å². The van der Waals surface area contributed by atoms with Gasteiger partial charge in [0.25, 0.3) is 0 Å². The lowest BCUT2D eigenvalue weighted by Crippen LogP contribution is -2.52. The quantitative estimate of drug-likeness (QED) is 0.512. The van der Waals surface area contributed by atoms with Gasteiger partial charge in [0.2, 0.25) is 0 Å². The molecule has 5 heteroatoms. The number of alkyl halides is 5. The Labute approximate surface area is 66.8 Å². The molecule has 0 bridgehead atoms. The van der Waals surface area contributed by atoms with E-state index in [0.29, 0.717) is 0 Å². The van der Waals surface area contributed by atoms with Gasteiger partial charge in [0, 0.05) is 5.92 Å². The summed E-state index contributed by atoms with van der Waals surface area (Å²) < 4.78 is 62.6. The van der Waals surface area contributed by atoms with E-state index in [4.69, 9.17) is 0 Å². The fourth-order valence-corrected chi connectivity index (χ4v) is 1.28. The first-order valence-corrected chi connectivity index (χ1v) is 3.67. The van der Waals surface area contributed by atoms with Gasteiger partial charge in [-0.15, -0.1) is 0 Å². The van der Waals surface area contributed by atoms with Gasteiger partial charge in [0.15, 0.2) is 18.5 Å². The van der Waals surface area contributed by atoms with Crippen molar-refractivity contribution < 1.29 is 22.0 Å². The molecule has 1 aliphatic rings. The van der Waals surface area contributed by atoms with Crippen molar-refractivity contribution >= 4 is 0 Å². The standard InChI is InChI=1S/C7H9F5/c1-2-3(8)5(10)7(12)6(11)4(2)9/h2-7H,1H3. The topological polar surface area (TPSA) is 0 Å². The van der Waals surface area contributed by atoms with Crippen molar-refractivity contribution in [2.75, 3.05) is 0 Å². The molecule has 0 aliphatic heterocycles. The Hall–Kier alpha value is -0.350. The third-order valence-corrected chi connectivity index (χ3v) is 2.22. The van der Waals surface area contributed by atoms with E-state index >= 15 is 0 Å². The maximum atomic E-state index is 12.6. The summed E-state index contributed by atoms with van der Waals surface area (Å²) >= 11 is 0. The Morgan fingerprint density at radius 1 is 0.583 bits per heavy atom. The van der Waals surface area contributed by atoms with Gasteiger partial charge in [-0.25, -0.2) is 22.0 Å². The smallest absolute Gasteiger partial charge is 0.168 e. The second-order valence-corrected chi connectivity index (χ2v) is 3.08. The van der Waals surface area contributed by atoms with E-state index in [0.717, 1.165) is 6.92 Å². The molecule has 0 nitrogen and oxygen atoms in total. The molecule has 0 aromatic rings. The van der Waals surface area contributed by atoms with Crippen LogP contribution < -0.4 is 0 Å². The van der Waals surface area contributed by atoms with Gasteiger partial charge in [-0.1, -0.05) is 6.92 Å². The van der Waals surface area contributed by atoms with Crippen LogP contribution in [0.1, 0.15) is 6.92 Å². The van der Waals surface area contributed by atoms with Gasteiger partial charge in [0.1, 0.15) is 12.3 Å². The molecule has 0 radical (unpaired) electrons. The minimum Gasteiger partial charge on any atom is -0.244 e. The predicted molar refractivity (Wildman–Crippen MR) is 33.6 cm³/mol. The molecule has 0 N–H and O–H groups in total. The van der Waals surface area contributed by atoms with Crippen molar-refractivity contribution in [1.82, 2.24) is 0 Å². The molecule has 4 atom stereocenters. The van der Waals surface area contributed by atoms with Gasteiger partial charge in [0.05, 0.1) is 0 Å². The van der Waals surface area contributed by atoms with E-state index in [1.54, 1.807) is 0 Å². The first-order valence-electron chi connectivity index (χ1n) is 3.67. The second kappa shape index (κ2) is 3.18. The van der Waals surface area contributed by atoms with Gasteiger partial charge < -0.3 is 0 Å². The first-order chi connectivity index (χ1) is 5.46. The van der Waals surface area contributed by atoms with Crippen molar-refractivity contribution in [3.05, 3.63) is 0 Å². The highest BCUT2D eigenvalue weighted by Crippen LogP contribution is 2.35. The zero-order valence-corrected chi connectivity index (χ0v) is 6.35. The van der Waals surface area contributed by atoms with Crippen molar-refractivity contribution in [1.29, 1.82) is 0 Å². The highest BCUT2D eigenvalue weighted by Gasteiger charge is 2.51. The van der Waals surface area contributed by atoms with Crippen molar-refractivity contribution in [3.8, 4) is 0 Å². The van der Waals surface area contributed by atoms with E-state index in [1.807, 2.05) is 0 Å². The zero-order chi connectivity index (χ0) is 9.46. The third kappa shape index (κ3) is 1.29. The fourth-order valence-electron chi connectivity index (χ4n) is 1.28. The van der Waals surface area contributed by atoms with Crippen molar-refractivity contribution in [2.24, 2.45) is 5.92 Å². The SMILES string of the molecule is CC1C(F)C(F)C(F)C(F)C1F. The molecule has 0 heterocycles. The maximum absolute atomic E-state index is 12.6. The summed E-state index contributed by atoms with van der Waals surface area (Å²) in [5.74, 6) is -1.41. The highest BCUT2D eigenvalue weighted by molar-refractivity contribution is 4.97. The summed E-state index contributed by atoms with van der Waals surface area (Å²) in [7, 11) is 0. The fraction of sp³-hybridized carbons (Fsp3) is 1.00. The van der Waals surface area contributed by atoms with Crippen LogP contribution in [0.15, 0.2) is 0 Å². The van der Waals surface area contributed by atoms with Crippen LogP contribution in [-0.2, 0) is 0 Å². The molecule has 0 saturated heterocycles. The Kier molecular flexibility index (Phi) is 2.58. The number of hydrogen-bond acceptors (Lipinski definition) is 0. The average molecular weight is 188 g/mol. The molecule has 0 aromatic carbocycles. The van der Waals surface area contributed by atoms with Gasteiger partial charge in [-0.2, -0.15) is 0 Å². The normalized spacial score (nSPS) is 55.5. The number of rotatable bonds is 0. The number of halogens is 5. The Balaban J connectivity index is 2.76. The average Bonchev–Trinajstić information content (AvgIpc) is 2.08. The molecule has 1 fully saturated rings. The lowest BCUT2D eigenvalue weighted by molar-refractivity contribution is -0.0828. The van der Waals surface area contributed by atoms with Gasteiger partial charge in [-0.05, 0) is 0 Å². The third-order valence-electron chi connectivity index (χ3n) is 2.22. The molecule has 12 heavy (non-hydrogen) atoms. The molecule has 0 amide bonds. The Morgan fingerprint density at radius 3 is 1.17 bits per heavy atom. The number of hydrogen-bond donors (Lipinski definition) is 0. The van der Waals surface area contributed by atoms with Crippen molar-refractivity contribution in [2.45, 2.75) is 37.8 Å².